The first-order valence-corrected chi connectivity index (χ1v) is 8.12. The lowest BCUT2D eigenvalue weighted by molar-refractivity contribution is 0.0417. The molecule has 23 heavy (non-hydrogen) atoms. The van der Waals surface area contributed by atoms with Crippen LogP contribution in [0.25, 0.3) is 0 Å². The third-order valence-corrected chi connectivity index (χ3v) is 4.59. The van der Waals surface area contributed by atoms with Crippen LogP contribution >= 0.6 is 0 Å². The zero-order valence-electron chi connectivity index (χ0n) is 14.2. The van der Waals surface area contributed by atoms with Gasteiger partial charge in [-0.3, -0.25) is 0 Å². The van der Waals surface area contributed by atoms with Gasteiger partial charge in [0.2, 0.25) is 0 Å². The Kier molecular flexibility index (Phi) is 6.69. The Morgan fingerprint density at radius 3 is 2.52 bits per heavy atom. The highest BCUT2D eigenvalue weighted by Crippen LogP contribution is 2.28. The highest BCUT2D eigenvalue weighted by Gasteiger charge is 2.23. The molecule has 0 radical (unpaired) electrons. The third kappa shape index (κ3) is 4.85. The van der Waals surface area contributed by atoms with Gasteiger partial charge in [0.15, 0.2) is 11.5 Å². The van der Waals surface area contributed by atoms with Crippen LogP contribution < -0.4 is 9.47 Å². The molecule has 126 valence electrons. The molecule has 1 saturated carbocycles. The lowest BCUT2D eigenvalue weighted by Gasteiger charge is -2.34. The van der Waals surface area contributed by atoms with Gasteiger partial charge in [-0.2, -0.15) is 5.26 Å². The maximum Gasteiger partial charge on any atom is 0.162 e. The van der Waals surface area contributed by atoms with E-state index in [9.17, 15) is 0 Å². The van der Waals surface area contributed by atoms with Gasteiger partial charge in [-0.05, 0) is 44.9 Å². The van der Waals surface area contributed by atoms with Crippen LogP contribution in [-0.2, 0) is 4.74 Å². The van der Waals surface area contributed by atoms with E-state index in [1.54, 1.807) is 32.4 Å². The molecule has 0 aromatic heterocycles. The summed E-state index contributed by atoms with van der Waals surface area (Å²) in [5.74, 6) is 1.29. The van der Waals surface area contributed by atoms with E-state index in [-0.39, 0.29) is 0 Å². The van der Waals surface area contributed by atoms with Crippen molar-refractivity contribution in [2.75, 3.05) is 34.4 Å². The Morgan fingerprint density at radius 2 is 1.91 bits per heavy atom. The smallest absolute Gasteiger partial charge is 0.162 e. The van der Waals surface area contributed by atoms with Crippen molar-refractivity contribution in [1.82, 2.24) is 4.90 Å². The predicted molar refractivity (Wildman–Crippen MR) is 88.9 cm³/mol. The minimum absolute atomic E-state index is 0.429. The Bertz CT molecular complexity index is 534. The number of hydrogen-bond acceptors (Lipinski definition) is 5. The quantitative estimate of drug-likeness (QED) is 0.774. The summed E-state index contributed by atoms with van der Waals surface area (Å²) in [5, 5.41) is 8.92. The Balaban J connectivity index is 1.80. The van der Waals surface area contributed by atoms with Gasteiger partial charge in [0.1, 0.15) is 6.61 Å². The summed E-state index contributed by atoms with van der Waals surface area (Å²) in [6.45, 7) is 1.47. The second-order valence-corrected chi connectivity index (χ2v) is 5.97. The number of methoxy groups -OCH3 is 2. The Morgan fingerprint density at radius 1 is 1.17 bits per heavy atom. The first-order chi connectivity index (χ1) is 11.2. The van der Waals surface area contributed by atoms with Crippen molar-refractivity contribution >= 4 is 0 Å². The average molecular weight is 318 g/mol. The van der Waals surface area contributed by atoms with Crippen LogP contribution in [0, 0.1) is 11.3 Å². The maximum absolute atomic E-state index is 8.92. The molecule has 1 aromatic carbocycles. The van der Waals surface area contributed by atoms with Gasteiger partial charge < -0.3 is 19.1 Å². The van der Waals surface area contributed by atoms with Crippen molar-refractivity contribution in [1.29, 1.82) is 5.26 Å². The summed E-state index contributed by atoms with van der Waals surface area (Å²) in [6, 6.07) is 7.94. The number of hydrogen-bond donors (Lipinski definition) is 0. The fraction of sp³-hybridized carbons (Fsp3) is 0.611. The molecule has 0 atom stereocenters. The molecule has 0 unspecified atom stereocenters. The molecule has 0 heterocycles. The van der Waals surface area contributed by atoms with Gasteiger partial charge in [0.05, 0.1) is 24.8 Å². The fourth-order valence-electron chi connectivity index (χ4n) is 3.06. The fourth-order valence-corrected chi connectivity index (χ4v) is 3.06. The van der Waals surface area contributed by atoms with Gasteiger partial charge in [-0.15, -0.1) is 0 Å². The highest BCUT2D eigenvalue weighted by molar-refractivity contribution is 5.46. The third-order valence-electron chi connectivity index (χ3n) is 4.59. The van der Waals surface area contributed by atoms with Gasteiger partial charge in [-0.1, -0.05) is 0 Å². The lowest BCUT2D eigenvalue weighted by atomic mass is 9.92. The molecule has 1 aromatic rings. The summed E-state index contributed by atoms with van der Waals surface area (Å²) < 4.78 is 16.5. The Hall–Kier alpha value is -1.77. The SMILES string of the molecule is COc1cc(C#N)ccc1OCCN(C)C1CCC(OC)CC1. The van der Waals surface area contributed by atoms with Crippen LogP contribution in [0.4, 0.5) is 0 Å². The van der Waals surface area contributed by atoms with Crippen molar-refractivity contribution in [3.63, 3.8) is 0 Å². The molecule has 1 aliphatic carbocycles. The average Bonchev–Trinajstić information content (AvgIpc) is 2.61. The zero-order valence-corrected chi connectivity index (χ0v) is 14.2. The van der Waals surface area contributed by atoms with Gasteiger partial charge in [0, 0.05) is 25.8 Å². The summed E-state index contributed by atoms with van der Waals surface area (Å²) in [4.78, 5) is 2.36. The molecule has 1 fully saturated rings. The van der Waals surface area contributed by atoms with Crippen LogP contribution in [0.1, 0.15) is 31.2 Å². The first kappa shape index (κ1) is 17.6. The van der Waals surface area contributed by atoms with Gasteiger partial charge >= 0.3 is 0 Å². The van der Waals surface area contributed by atoms with E-state index in [4.69, 9.17) is 19.5 Å². The number of ether oxygens (including phenoxy) is 3. The molecule has 0 bridgehead atoms. The van der Waals surface area contributed by atoms with E-state index in [0.717, 1.165) is 19.4 Å². The van der Waals surface area contributed by atoms with Crippen LogP contribution in [0.15, 0.2) is 18.2 Å². The minimum Gasteiger partial charge on any atom is -0.493 e. The lowest BCUT2D eigenvalue weighted by Crippen LogP contribution is -2.38. The van der Waals surface area contributed by atoms with Crippen molar-refractivity contribution in [2.45, 2.75) is 37.8 Å². The second kappa shape index (κ2) is 8.76. The number of nitriles is 1. The molecule has 0 saturated heterocycles. The van der Waals surface area contributed by atoms with Crippen LogP contribution in [0.3, 0.4) is 0 Å². The number of rotatable bonds is 7. The first-order valence-electron chi connectivity index (χ1n) is 8.12. The largest absolute Gasteiger partial charge is 0.493 e. The van der Waals surface area contributed by atoms with Crippen molar-refractivity contribution < 1.29 is 14.2 Å². The predicted octanol–water partition coefficient (Wildman–Crippen LogP) is 2.84. The molecular weight excluding hydrogens is 292 g/mol. The summed E-state index contributed by atoms with van der Waals surface area (Å²) in [6.07, 6.45) is 5.05. The molecule has 5 heteroatoms. The normalized spacial score (nSPS) is 21.0. The monoisotopic (exact) mass is 318 g/mol. The van der Waals surface area contributed by atoms with Crippen LogP contribution in [0.2, 0.25) is 0 Å². The van der Waals surface area contributed by atoms with E-state index >= 15 is 0 Å². The molecule has 0 N–H and O–H groups in total. The summed E-state index contributed by atoms with van der Waals surface area (Å²) >= 11 is 0. The number of nitrogens with zero attached hydrogens (tertiary/aromatic N) is 2. The molecular formula is C18H26N2O3. The van der Waals surface area contributed by atoms with Crippen molar-refractivity contribution in [3.8, 4) is 17.6 Å². The molecule has 0 aliphatic heterocycles. The van der Waals surface area contributed by atoms with E-state index < -0.39 is 0 Å². The van der Waals surface area contributed by atoms with Gasteiger partial charge in [0.25, 0.3) is 0 Å². The van der Waals surface area contributed by atoms with E-state index in [2.05, 4.69) is 18.0 Å². The van der Waals surface area contributed by atoms with Crippen molar-refractivity contribution in [3.05, 3.63) is 23.8 Å². The number of benzene rings is 1. The summed E-state index contributed by atoms with van der Waals surface area (Å²) in [5.41, 5.74) is 0.571. The molecule has 1 aliphatic rings. The molecule has 0 amide bonds. The molecule has 0 spiro atoms. The topological polar surface area (TPSA) is 54.7 Å². The minimum atomic E-state index is 0.429. The number of likely N-dealkylation sites (N-methyl/N-ethyl adjacent to an activating group) is 1. The van der Waals surface area contributed by atoms with Crippen molar-refractivity contribution in [2.24, 2.45) is 0 Å². The van der Waals surface area contributed by atoms with E-state index in [1.165, 1.54) is 12.8 Å². The van der Waals surface area contributed by atoms with Crippen LogP contribution in [0.5, 0.6) is 11.5 Å². The zero-order chi connectivity index (χ0) is 16.7. The molecule has 2 rings (SSSR count). The van der Waals surface area contributed by atoms with E-state index in [0.29, 0.717) is 35.8 Å². The highest BCUT2D eigenvalue weighted by atomic mass is 16.5. The Labute approximate surface area is 138 Å². The summed E-state index contributed by atoms with van der Waals surface area (Å²) in [7, 11) is 5.54. The van der Waals surface area contributed by atoms with Crippen LogP contribution in [-0.4, -0.2) is 51.5 Å². The van der Waals surface area contributed by atoms with Gasteiger partial charge in [-0.25, -0.2) is 0 Å². The second-order valence-electron chi connectivity index (χ2n) is 5.97. The molecule has 5 nitrogen and oxygen atoms in total. The van der Waals surface area contributed by atoms with E-state index in [1.807, 2.05) is 0 Å². The maximum atomic E-state index is 8.92. The standard InChI is InChI=1S/C18H26N2O3/c1-20(15-5-7-16(21-2)8-6-15)10-11-23-17-9-4-14(13-19)12-18(17)22-3/h4,9,12,15-16H,5-8,10-11H2,1-3H3.